The molecule has 1 nitrogen and oxygen atoms in total. The van der Waals surface area contributed by atoms with E-state index in [4.69, 9.17) is 0 Å². The minimum absolute atomic E-state index is 0.664. The molecule has 0 aliphatic carbocycles. The first-order valence-corrected chi connectivity index (χ1v) is 7.19. The number of carbonyl (C=O) groups excluding carboxylic acids is 1. The van der Waals surface area contributed by atoms with Crippen LogP contribution in [0.15, 0.2) is 30.3 Å². The topological polar surface area (TPSA) is 17.1 Å². The first kappa shape index (κ1) is 9.75. The maximum Gasteiger partial charge on any atom is 0.192 e. The van der Waals surface area contributed by atoms with Gasteiger partial charge in [-0.1, -0.05) is 43.4 Å². The Bertz CT molecular complexity index is 343. The summed E-state index contributed by atoms with van der Waals surface area (Å²) in [5, 5.41) is 1.27. The highest BCUT2D eigenvalue weighted by atomic mass is 28.3. The van der Waals surface area contributed by atoms with Gasteiger partial charge in [0.25, 0.3) is 0 Å². The monoisotopic (exact) mass is 188 g/mol. The van der Waals surface area contributed by atoms with Crippen molar-refractivity contribution >= 4 is 19.5 Å². The Morgan fingerprint density at radius 1 is 1.23 bits per heavy atom. The molecule has 0 N–H and O–H groups in total. The average Bonchev–Trinajstić information content (AvgIpc) is 2.16. The van der Waals surface area contributed by atoms with Crippen molar-refractivity contribution in [2.24, 2.45) is 0 Å². The fourth-order valence-corrected chi connectivity index (χ4v) is 2.73. The number of hydrogen-bond donors (Lipinski definition) is 0. The highest BCUT2D eigenvalue weighted by Crippen LogP contribution is 2.00. The van der Waals surface area contributed by atoms with Crippen LogP contribution in [-0.2, 0) is 4.79 Å². The third-order valence-electron chi connectivity index (χ3n) is 1.94. The Morgan fingerprint density at radius 2 is 1.85 bits per heavy atom. The summed E-state index contributed by atoms with van der Waals surface area (Å²) in [4.78, 5) is 10.1. The highest BCUT2D eigenvalue weighted by Gasteiger charge is 2.19. The first-order chi connectivity index (χ1) is 6.17. The van der Waals surface area contributed by atoms with Crippen molar-refractivity contribution in [1.82, 2.24) is 0 Å². The van der Waals surface area contributed by atoms with E-state index >= 15 is 0 Å². The van der Waals surface area contributed by atoms with Crippen LogP contribution < -0.4 is 5.19 Å². The van der Waals surface area contributed by atoms with Gasteiger partial charge in [-0.25, -0.2) is 0 Å². The summed E-state index contributed by atoms with van der Waals surface area (Å²) >= 11 is 0. The zero-order valence-electron chi connectivity index (χ0n) is 7.87. The van der Waals surface area contributed by atoms with Crippen molar-refractivity contribution in [3.05, 3.63) is 30.3 Å². The van der Waals surface area contributed by atoms with Gasteiger partial charge in [-0.05, 0) is 11.1 Å². The van der Waals surface area contributed by atoms with Crippen LogP contribution >= 0.6 is 0 Å². The lowest BCUT2D eigenvalue weighted by atomic mass is 10.4. The van der Waals surface area contributed by atoms with Crippen LogP contribution in [0.2, 0.25) is 13.1 Å². The summed E-state index contributed by atoms with van der Waals surface area (Å²) < 4.78 is 0. The number of hydrogen-bond acceptors (Lipinski definition) is 1. The molecule has 1 aromatic rings. The zero-order valence-corrected chi connectivity index (χ0v) is 8.87. The molecule has 0 aromatic heterocycles. The second kappa shape index (κ2) is 4.06. The Labute approximate surface area is 79.8 Å². The van der Waals surface area contributed by atoms with Gasteiger partial charge < -0.3 is 0 Å². The van der Waals surface area contributed by atoms with Crippen molar-refractivity contribution in [3.63, 3.8) is 0 Å². The van der Waals surface area contributed by atoms with Gasteiger partial charge in [0.15, 0.2) is 14.4 Å². The Hall–Kier alpha value is -1.33. The molecule has 2 heteroatoms. The van der Waals surface area contributed by atoms with E-state index in [2.05, 4.69) is 36.7 Å². The third kappa shape index (κ3) is 2.57. The van der Waals surface area contributed by atoms with E-state index in [-0.39, 0.29) is 0 Å². The molecule has 0 radical (unpaired) electrons. The van der Waals surface area contributed by atoms with E-state index in [0.29, 0.717) is 6.29 Å². The molecule has 0 aliphatic heterocycles. The number of rotatable bonds is 1. The molecule has 0 bridgehead atoms. The summed E-state index contributed by atoms with van der Waals surface area (Å²) in [6, 6.07) is 10.2. The predicted octanol–water partition coefficient (Wildman–Crippen LogP) is 1.34. The molecular formula is C11H12OSi. The quantitative estimate of drug-likeness (QED) is 0.369. The van der Waals surface area contributed by atoms with Gasteiger partial charge in [-0.15, -0.1) is 5.54 Å². The Balaban J connectivity index is 3.00. The average molecular weight is 188 g/mol. The normalized spacial score (nSPS) is 10.0. The summed E-state index contributed by atoms with van der Waals surface area (Å²) in [5.41, 5.74) is 3.05. The minimum Gasteiger partial charge on any atom is -0.289 e. The van der Waals surface area contributed by atoms with E-state index in [1.54, 1.807) is 0 Å². The van der Waals surface area contributed by atoms with Crippen LogP contribution in [0.5, 0.6) is 0 Å². The molecule has 0 atom stereocenters. The van der Waals surface area contributed by atoms with Crippen molar-refractivity contribution in [1.29, 1.82) is 0 Å². The molecule has 0 spiro atoms. The van der Waals surface area contributed by atoms with E-state index in [9.17, 15) is 4.79 Å². The van der Waals surface area contributed by atoms with Crippen LogP contribution in [0, 0.1) is 11.5 Å². The molecule has 66 valence electrons. The van der Waals surface area contributed by atoms with Crippen LogP contribution in [0.1, 0.15) is 0 Å². The van der Waals surface area contributed by atoms with Gasteiger partial charge in [0, 0.05) is 0 Å². The Kier molecular flexibility index (Phi) is 3.05. The van der Waals surface area contributed by atoms with Crippen LogP contribution in [-0.4, -0.2) is 14.4 Å². The third-order valence-corrected chi connectivity index (χ3v) is 4.49. The van der Waals surface area contributed by atoms with Crippen molar-refractivity contribution in [2.45, 2.75) is 13.1 Å². The van der Waals surface area contributed by atoms with Gasteiger partial charge >= 0.3 is 0 Å². The minimum atomic E-state index is -1.69. The second-order valence-corrected chi connectivity index (χ2v) is 7.46. The second-order valence-electron chi connectivity index (χ2n) is 3.38. The fourth-order valence-electron chi connectivity index (χ4n) is 1.14. The van der Waals surface area contributed by atoms with Gasteiger partial charge in [-0.3, -0.25) is 4.79 Å². The summed E-state index contributed by atoms with van der Waals surface area (Å²) in [5.74, 6) is 2.52. The maximum atomic E-state index is 10.1. The molecular weight excluding hydrogens is 176 g/mol. The number of aldehydes is 1. The molecule has 13 heavy (non-hydrogen) atoms. The number of benzene rings is 1. The summed E-state index contributed by atoms with van der Waals surface area (Å²) in [6.07, 6.45) is 0.664. The smallest absolute Gasteiger partial charge is 0.192 e. The van der Waals surface area contributed by atoms with E-state index in [1.165, 1.54) is 5.19 Å². The summed E-state index contributed by atoms with van der Waals surface area (Å²) in [7, 11) is -1.69. The number of carbonyl (C=O) groups is 1. The molecule has 0 fully saturated rings. The van der Waals surface area contributed by atoms with Crippen molar-refractivity contribution in [3.8, 4) is 11.5 Å². The lowest BCUT2D eigenvalue weighted by Crippen LogP contribution is -2.39. The van der Waals surface area contributed by atoms with Crippen LogP contribution in [0.4, 0.5) is 0 Å². The molecule has 0 heterocycles. The SMILES string of the molecule is C[Si](C)(C#CC=O)c1ccccc1. The molecule has 0 aliphatic rings. The van der Waals surface area contributed by atoms with Gasteiger partial charge in [0.1, 0.15) is 0 Å². The lowest BCUT2D eigenvalue weighted by molar-refractivity contribution is -0.103. The lowest BCUT2D eigenvalue weighted by Gasteiger charge is -2.14. The highest BCUT2D eigenvalue weighted by molar-refractivity contribution is 6.96. The van der Waals surface area contributed by atoms with E-state index in [0.717, 1.165) is 0 Å². The first-order valence-electron chi connectivity index (χ1n) is 4.19. The van der Waals surface area contributed by atoms with Crippen LogP contribution in [0.25, 0.3) is 0 Å². The molecule has 1 rings (SSSR count). The van der Waals surface area contributed by atoms with Gasteiger partial charge in [0.2, 0.25) is 0 Å². The molecule has 0 saturated carbocycles. The van der Waals surface area contributed by atoms with Gasteiger partial charge in [-0.2, -0.15) is 0 Å². The fraction of sp³-hybridized carbons (Fsp3) is 0.182. The zero-order chi connectivity index (χ0) is 9.73. The molecule has 0 saturated heterocycles. The predicted molar refractivity (Wildman–Crippen MR) is 57.4 cm³/mol. The van der Waals surface area contributed by atoms with E-state index < -0.39 is 8.07 Å². The molecule has 1 aromatic carbocycles. The van der Waals surface area contributed by atoms with Crippen LogP contribution in [0.3, 0.4) is 0 Å². The van der Waals surface area contributed by atoms with E-state index in [1.807, 2.05) is 18.2 Å². The maximum absolute atomic E-state index is 10.1. The Morgan fingerprint density at radius 3 is 2.38 bits per heavy atom. The summed E-state index contributed by atoms with van der Waals surface area (Å²) in [6.45, 7) is 4.28. The van der Waals surface area contributed by atoms with Crippen molar-refractivity contribution < 1.29 is 4.79 Å². The largest absolute Gasteiger partial charge is 0.289 e. The molecule has 0 amide bonds. The van der Waals surface area contributed by atoms with Gasteiger partial charge in [0.05, 0.1) is 0 Å². The van der Waals surface area contributed by atoms with Crippen molar-refractivity contribution in [2.75, 3.05) is 0 Å². The standard InChI is InChI=1S/C11H12OSi/c1-13(2,10-6-9-12)11-7-4-3-5-8-11/h3-5,7-9H,1-2H3. The molecule has 0 unspecified atom stereocenters.